The first-order valence-corrected chi connectivity index (χ1v) is 14.5. The Kier molecular flexibility index (Phi) is 6.55. The number of fused-ring (bicyclic) bond motifs is 1. The maximum Gasteiger partial charge on any atom is 0.179 e. The molecule has 0 bridgehead atoms. The van der Waals surface area contributed by atoms with Crippen molar-refractivity contribution in [1.29, 1.82) is 0 Å². The summed E-state index contributed by atoms with van der Waals surface area (Å²) in [5, 5.41) is 9.20. The molecule has 1 aromatic carbocycles. The van der Waals surface area contributed by atoms with E-state index in [0.29, 0.717) is 54.4 Å². The van der Waals surface area contributed by atoms with E-state index in [1.165, 1.54) is 18.6 Å². The number of ether oxygens (including phenoxy) is 1. The van der Waals surface area contributed by atoms with Crippen molar-refractivity contribution in [3.8, 4) is 17.0 Å². The zero-order valence-electron chi connectivity index (χ0n) is 20.5. The lowest BCUT2D eigenvalue weighted by Gasteiger charge is -2.47. The summed E-state index contributed by atoms with van der Waals surface area (Å²) in [5.74, 6) is 0.849. The number of sulfone groups is 1. The van der Waals surface area contributed by atoms with Crippen LogP contribution >= 0.6 is 34.8 Å². The summed E-state index contributed by atoms with van der Waals surface area (Å²) < 4.78 is 31.5. The molecule has 0 spiro atoms. The van der Waals surface area contributed by atoms with Crippen LogP contribution in [0, 0.1) is 5.41 Å². The fourth-order valence-corrected chi connectivity index (χ4v) is 6.34. The van der Waals surface area contributed by atoms with Gasteiger partial charge in [0, 0.05) is 54.4 Å². The quantitative estimate of drug-likeness (QED) is 0.283. The molecule has 3 aromatic heterocycles. The molecule has 1 N–H and O–H groups in total. The summed E-state index contributed by atoms with van der Waals surface area (Å²) in [7, 11) is -3.55. The maximum atomic E-state index is 12.7. The van der Waals surface area contributed by atoms with Crippen LogP contribution in [0.2, 0.25) is 15.1 Å². The lowest BCUT2D eigenvalue weighted by Crippen LogP contribution is -2.53. The highest BCUT2D eigenvalue weighted by molar-refractivity contribution is 7.90. The first kappa shape index (κ1) is 26.0. The predicted octanol–water partition coefficient (Wildman–Crippen LogP) is 6.37. The molecule has 12 heteroatoms. The second-order valence-corrected chi connectivity index (χ2v) is 13.2. The highest BCUT2D eigenvalue weighted by Crippen LogP contribution is 2.40. The molecule has 1 unspecified atom stereocenters. The number of benzene rings is 1. The third-order valence-electron chi connectivity index (χ3n) is 6.26. The molecule has 4 heterocycles. The van der Waals surface area contributed by atoms with E-state index in [2.05, 4.69) is 34.0 Å². The van der Waals surface area contributed by atoms with Crippen LogP contribution in [0.15, 0.2) is 41.7 Å². The predicted molar refractivity (Wildman–Crippen MR) is 147 cm³/mol. The van der Waals surface area contributed by atoms with Gasteiger partial charge in [-0.3, -0.25) is 10.1 Å². The molecule has 1 fully saturated rings. The second-order valence-electron chi connectivity index (χ2n) is 10.0. The average Bonchev–Trinajstić information content (AvgIpc) is 3.19. The van der Waals surface area contributed by atoms with Crippen molar-refractivity contribution in [3.05, 3.63) is 57.4 Å². The molecule has 1 aliphatic heterocycles. The third kappa shape index (κ3) is 4.97. The summed E-state index contributed by atoms with van der Waals surface area (Å²) in [6.45, 7) is 7.54. The molecular weight excluding hydrogens is 557 g/mol. The van der Waals surface area contributed by atoms with Gasteiger partial charge in [-0.2, -0.15) is 5.10 Å². The van der Waals surface area contributed by atoms with Crippen LogP contribution in [0.25, 0.3) is 22.2 Å². The van der Waals surface area contributed by atoms with E-state index in [4.69, 9.17) is 39.5 Å². The van der Waals surface area contributed by atoms with Crippen molar-refractivity contribution in [2.45, 2.75) is 31.8 Å². The van der Waals surface area contributed by atoms with E-state index >= 15 is 0 Å². The number of H-pyrrole nitrogens is 1. The zero-order valence-corrected chi connectivity index (χ0v) is 23.6. The minimum absolute atomic E-state index is 0.116. The van der Waals surface area contributed by atoms with E-state index in [1.807, 2.05) is 11.8 Å². The van der Waals surface area contributed by atoms with Gasteiger partial charge in [0.05, 0.1) is 20.6 Å². The van der Waals surface area contributed by atoms with Crippen molar-refractivity contribution in [2.75, 3.05) is 24.2 Å². The largest absolute Gasteiger partial charge is 0.484 e. The first-order chi connectivity index (χ1) is 17.3. The van der Waals surface area contributed by atoms with E-state index < -0.39 is 15.9 Å². The summed E-state index contributed by atoms with van der Waals surface area (Å²) in [4.78, 5) is 10.7. The van der Waals surface area contributed by atoms with Gasteiger partial charge in [0.1, 0.15) is 28.3 Å². The van der Waals surface area contributed by atoms with Crippen LogP contribution in [-0.4, -0.2) is 47.9 Å². The molecule has 1 atom stereocenters. The monoisotopic (exact) mass is 579 g/mol. The van der Waals surface area contributed by atoms with Crippen LogP contribution in [0.3, 0.4) is 0 Å². The number of nitrogens with zero attached hydrogens (tertiary/aromatic N) is 4. The van der Waals surface area contributed by atoms with Crippen molar-refractivity contribution >= 4 is 61.4 Å². The third-order valence-corrected chi connectivity index (χ3v) is 8.26. The molecule has 37 heavy (non-hydrogen) atoms. The van der Waals surface area contributed by atoms with E-state index in [-0.39, 0.29) is 10.3 Å². The first-order valence-electron chi connectivity index (χ1n) is 11.4. The highest BCUT2D eigenvalue weighted by atomic mass is 35.5. The number of pyridine rings is 2. The van der Waals surface area contributed by atoms with Gasteiger partial charge >= 0.3 is 0 Å². The summed E-state index contributed by atoms with van der Waals surface area (Å²) >= 11 is 19.1. The molecule has 8 nitrogen and oxygen atoms in total. The van der Waals surface area contributed by atoms with Crippen molar-refractivity contribution in [3.63, 3.8) is 0 Å². The van der Waals surface area contributed by atoms with Gasteiger partial charge in [-0.25, -0.2) is 13.4 Å². The maximum absolute atomic E-state index is 12.7. The van der Waals surface area contributed by atoms with Gasteiger partial charge < -0.3 is 9.64 Å². The topological polar surface area (TPSA) is 101 Å². The minimum atomic E-state index is -3.55. The van der Waals surface area contributed by atoms with Gasteiger partial charge in [0.25, 0.3) is 0 Å². The second kappa shape index (κ2) is 9.31. The smallest absolute Gasteiger partial charge is 0.179 e. The van der Waals surface area contributed by atoms with Crippen LogP contribution in [-0.2, 0) is 9.84 Å². The molecule has 5 rings (SSSR count). The number of aromatic amines is 1. The number of anilines is 1. The zero-order chi connectivity index (χ0) is 26.7. The van der Waals surface area contributed by atoms with Crippen LogP contribution < -0.4 is 9.64 Å². The molecule has 194 valence electrons. The molecule has 0 aliphatic carbocycles. The molecule has 0 amide bonds. The summed E-state index contributed by atoms with van der Waals surface area (Å²) in [5.41, 5.74) is 2.45. The Morgan fingerprint density at radius 2 is 1.73 bits per heavy atom. The molecule has 0 saturated carbocycles. The molecule has 1 saturated heterocycles. The average molecular weight is 581 g/mol. The Hall–Kier alpha value is -2.59. The lowest BCUT2D eigenvalue weighted by molar-refractivity contribution is 0.227. The summed E-state index contributed by atoms with van der Waals surface area (Å²) in [6, 6.07) is 5.07. The van der Waals surface area contributed by atoms with Gasteiger partial charge in [0.15, 0.2) is 9.84 Å². The Morgan fingerprint density at radius 1 is 1.05 bits per heavy atom. The van der Waals surface area contributed by atoms with E-state index in [1.54, 1.807) is 24.4 Å². The summed E-state index contributed by atoms with van der Waals surface area (Å²) in [6.07, 6.45) is 5.30. The van der Waals surface area contributed by atoms with Crippen LogP contribution in [0.5, 0.6) is 5.75 Å². The molecule has 1 aliphatic rings. The fraction of sp³-hybridized carbons (Fsp3) is 0.320. The molecule has 4 aromatic rings. The van der Waals surface area contributed by atoms with Gasteiger partial charge in [-0.15, -0.1) is 0 Å². The Bertz CT molecular complexity index is 1610. The minimum Gasteiger partial charge on any atom is -0.484 e. The Balaban J connectivity index is 1.54. The molecular formula is C25H24Cl3N5O3S. The number of nitrogens with one attached hydrogen (secondary N) is 1. The normalized spacial score (nSPS) is 16.0. The lowest BCUT2D eigenvalue weighted by atomic mass is 9.84. The number of hydrogen-bond acceptors (Lipinski definition) is 7. The van der Waals surface area contributed by atoms with Crippen molar-refractivity contribution < 1.29 is 13.2 Å². The van der Waals surface area contributed by atoms with E-state index in [9.17, 15) is 8.42 Å². The fourth-order valence-electron chi connectivity index (χ4n) is 4.60. The highest BCUT2D eigenvalue weighted by Gasteiger charge is 2.37. The Morgan fingerprint density at radius 3 is 2.35 bits per heavy atom. The Labute approximate surface area is 229 Å². The van der Waals surface area contributed by atoms with Crippen molar-refractivity contribution in [2.24, 2.45) is 5.41 Å². The van der Waals surface area contributed by atoms with Crippen LogP contribution in [0.4, 0.5) is 5.82 Å². The van der Waals surface area contributed by atoms with Crippen molar-refractivity contribution in [1.82, 2.24) is 20.2 Å². The number of aromatic nitrogens is 4. The number of rotatable bonds is 6. The van der Waals surface area contributed by atoms with Gasteiger partial charge in [-0.05, 0) is 30.5 Å². The van der Waals surface area contributed by atoms with Gasteiger partial charge in [-0.1, -0.05) is 48.7 Å². The number of halogens is 3. The SMILES string of the molecule is CC(Oc1cc2c(-c3cnc(N4CC(C)(C)C4)c(S(C)(=O)=O)c3)n[nH]c2cc1Cl)c1c(Cl)cncc1Cl. The standard InChI is InChI=1S/C25H24Cl3N5O3S/c1-13(22-17(27)9-29-10-18(22)28)36-20-6-15-19(7-16(20)26)31-32-23(15)14-5-21(37(4,34)35)24(30-8-14)33-11-25(2,3)12-33/h5-10,13H,11-12H2,1-4H3,(H,31,32). The molecule has 0 radical (unpaired) electrons. The van der Waals surface area contributed by atoms with Crippen LogP contribution in [0.1, 0.15) is 32.4 Å². The van der Waals surface area contributed by atoms with E-state index in [0.717, 1.165) is 13.1 Å². The number of hydrogen-bond donors (Lipinski definition) is 1. The van der Waals surface area contributed by atoms with Gasteiger partial charge in [0.2, 0.25) is 0 Å².